The Bertz CT molecular complexity index is 498. The minimum atomic E-state index is -0.281. The molecule has 1 fully saturated rings. The summed E-state index contributed by atoms with van der Waals surface area (Å²) >= 11 is 0. The lowest BCUT2D eigenvalue weighted by Crippen LogP contribution is -2.39. The highest BCUT2D eigenvalue weighted by Crippen LogP contribution is 2.22. The van der Waals surface area contributed by atoms with Gasteiger partial charge in [-0.15, -0.1) is 0 Å². The third kappa shape index (κ3) is 6.58. The summed E-state index contributed by atoms with van der Waals surface area (Å²) in [5.41, 5.74) is 1.34. The second kappa shape index (κ2) is 11.2. The molecule has 1 aromatic rings. The van der Waals surface area contributed by atoms with E-state index in [9.17, 15) is 4.39 Å². The molecule has 0 spiro atoms. The van der Waals surface area contributed by atoms with E-state index in [0.29, 0.717) is 5.92 Å². The molecule has 2 unspecified atom stereocenters. The Hall–Kier alpha value is -1.45. The van der Waals surface area contributed by atoms with Crippen molar-refractivity contribution in [1.29, 1.82) is 0 Å². The summed E-state index contributed by atoms with van der Waals surface area (Å²) < 4.78 is 13.4. The van der Waals surface area contributed by atoms with Crippen molar-refractivity contribution in [2.45, 2.75) is 38.8 Å². The molecule has 1 heterocycles. The zero-order valence-electron chi connectivity index (χ0n) is 14.8. The van der Waals surface area contributed by atoms with Crippen LogP contribution in [0.3, 0.4) is 0 Å². The molecule has 1 saturated heterocycles. The first kappa shape index (κ1) is 18.9. The number of rotatable bonds is 10. The smallest absolute Gasteiger partial charge is 0.105 e. The lowest BCUT2D eigenvalue weighted by Gasteiger charge is -2.22. The van der Waals surface area contributed by atoms with Crippen LogP contribution in [0.5, 0.6) is 0 Å². The summed E-state index contributed by atoms with van der Waals surface area (Å²) in [7, 11) is 0. The van der Waals surface area contributed by atoms with Crippen LogP contribution in [-0.2, 0) is 6.54 Å². The van der Waals surface area contributed by atoms with Gasteiger partial charge in [0.15, 0.2) is 0 Å². The predicted octanol–water partition coefficient (Wildman–Crippen LogP) is 4.35. The van der Waals surface area contributed by atoms with Crippen LogP contribution in [-0.4, -0.2) is 37.3 Å². The Morgan fingerprint density at radius 1 is 1.21 bits per heavy atom. The van der Waals surface area contributed by atoms with Crippen molar-refractivity contribution in [2.24, 2.45) is 5.92 Å². The standard InChI is InChI=1S/C21H31FN2/c1-2-3-4-5-6-10-14-23-21(16-22)20-13-15-24(18-20)17-19-11-8-7-9-12-19/h2-3,6-12,20-21,23H,4-5,13-18H2,1H3/b3-2-,10-6+. The highest BCUT2D eigenvalue weighted by Gasteiger charge is 2.28. The number of allylic oxidation sites excluding steroid dienone is 3. The van der Waals surface area contributed by atoms with Gasteiger partial charge in [-0.3, -0.25) is 4.90 Å². The molecule has 1 aliphatic rings. The Morgan fingerprint density at radius 2 is 2.00 bits per heavy atom. The fourth-order valence-corrected chi connectivity index (χ4v) is 3.30. The summed E-state index contributed by atoms with van der Waals surface area (Å²) in [4.78, 5) is 2.44. The highest BCUT2D eigenvalue weighted by molar-refractivity contribution is 5.14. The molecule has 132 valence electrons. The number of likely N-dealkylation sites (tertiary alicyclic amines) is 1. The average molecular weight is 330 g/mol. The van der Waals surface area contributed by atoms with Crippen LogP contribution in [0.2, 0.25) is 0 Å². The Labute approximate surface area is 146 Å². The molecule has 0 bridgehead atoms. The maximum absolute atomic E-state index is 13.4. The first-order valence-corrected chi connectivity index (χ1v) is 9.15. The normalized spacial score (nSPS) is 20.3. The van der Waals surface area contributed by atoms with Gasteiger partial charge < -0.3 is 5.32 Å². The van der Waals surface area contributed by atoms with E-state index < -0.39 is 0 Å². The lowest BCUT2D eigenvalue weighted by molar-refractivity contribution is 0.266. The Balaban J connectivity index is 1.69. The molecule has 2 atom stereocenters. The predicted molar refractivity (Wildman–Crippen MR) is 101 cm³/mol. The van der Waals surface area contributed by atoms with Crippen LogP contribution >= 0.6 is 0 Å². The van der Waals surface area contributed by atoms with Crippen LogP contribution in [0.15, 0.2) is 54.6 Å². The number of hydrogen-bond acceptors (Lipinski definition) is 2. The molecule has 0 radical (unpaired) electrons. The van der Waals surface area contributed by atoms with Crippen LogP contribution in [0, 0.1) is 5.92 Å². The van der Waals surface area contributed by atoms with Crippen LogP contribution in [0.1, 0.15) is 31.7 Å². The third-order valence-corrected chi connectivity index (χ3v) is 4.69. The van der Waals surface area contributed by atoms with Gasteiger partial charge in [0.2, 0.25) is 0 Å². The highest BCUT2D eigenvalue weighted by atomic mass is 19.1. The molecule has 0 saturated carbocycles. The van der Waals surface area contributed by atoms with Crippen molar-refractivity contribution in [2.75, 3.05) is 26.3 Å². The van der Waals surface area contributed by atoms with Crippen LogP contribution in [0.25, 0.3) is 0 Å². The number of hydrogen-bond donors (Lipinski definition) is 1. The number of nitrogens with zero attached hydrogens (tertiary/aromatic N) is 1. The van der Waals surface area contributed by atoms with Crippen molar-refractivity contribution < 1.29 is 4.39 Å². The maximum Gasteiger partial charge on any atom is 0.105 e. The molecule has 24 heavy (non-hydrogen) atoms. The second-order valence-corrected chi connectivity index (χ2v) is 6.56. The van der Waals surface area contributed by atoms with Gasteiger partial charge >= 0.3 is 0 Å². The first-order chi connectivity index (χ1) is 11.8. The molecule has 1 aliphatic heterocycles. The van der Waals surface area contributed by atoms with Gasteiger partial charge in [-0.1, -0.05) is 54.6 Å². The first-order valence-electron chi connectivity index (χ1n) is 9.15. The van der Waals surface area contributed by atoms with Gasteiger partial charge in [0.05, 0.1) is 0 Å². The summed E-state index contributed by atoms with van der Waals surface area (Å²) in [6, 6.07) is 10.5. The van der Waals surface area contributed by atoms with E-state index >= 15 is 0 Å². The van der Waals surface area contributed by atoms with Gasteiger partial charge in [0.25, 0.3) is 0 Å². The van der Waals surface area contributed by atoms with Crippen molar-refractivity contribution >= 4 is 0 Å². The van der Waals surface area contributed by atoms with Gasteiger partial charge in [-0.05, 0) is 44.2 Å². The van der Waals surface area contributed by atoms with Crippen LogP contribution < -0.4 is 5.32 Å². The van der Waals surface area contributed by atoms with Crippen LogP contribution in [0.4, 0.5) is 4.39 Å². The van der Waals surface area contributed by atoms with Crippen molar-refractivity contribution in [1.82, 2.24) is 10.2 Å². The molecule has 1 N–H and O–H groups in total. The fourth-order valence-electron chi connectivity index (χ4n) is 3.30. The summed E-state index contributed by atoms with van der Waals surface area (Å²) in [6.07, 6.45) is 11.8. The minimum Gasteiger partial charge on any atom is -0.308 e. The molecule has 1 aromatic carbocycles. The Morgan fingerprint density at radius 3 is 2.75 bits per heavy atom. The minimum absolute atomic E-state index is 0.0223. The maximum atomic E-state index is 13.4. The largest absolute Gasteiger partial charge is 0.308 e. The molecule has 3 heteroatoms. The summed E-state index contributed by atoms with van der Waals surface area (Å²) in [5.74, 6) is 0.412. The number of halogens is 1. The van der Waals surface area contributed by atoms with E-state index in [0.717, 1.165) is 45.4 Å². The van der Waals surface area contributed by atoms with Crippen molar-refractivity contribution in [3.8, 4) is 0 Å². The molecular formula is C21H31FN2. The monoisotopic (exact) mass is 330 g/mol. The average Bonchev–Trinajstić information content (AvgIpc) is 3.06. The molecule has 2 nitrogen and oxygen atoms in total. The number of benzene rings is 1. The number of alkyl halides is 1. The molecule has 2 rings (SSSR count). The van der Waals surface area contributed by atoms with E-state index in [1.165, 1.54) is 5.56 Å². The molecule has 0 aliphatic carbocycles. The summed E-state index contributed by atoms with van der Waals surface area (Å²) in [5, 5.41) is 3.38. The van der Waals surface area contributed by atoms with Crippen molar-refractivity contribution in [3.63, 3.8) is 0 Å². The molecule has 0 amide bonds. The summed E-state index contributed by atoms with van der Waals surface area (Å²) in [6.45, 7) is 5.55. The zero-order valence-corrected chi connectivity index (χ0v) is 14.8. The van der Waals surface area contributed by atoms with E-state index in [2.05, 4.69) is 58.8 Å². The molecular weight excluding hydrogens is 299 g/mol. The second-order valence-electron chi connectivity index (χ2n) is 6.56. The van der Waals surface area contributed by atoms with E-state index in [1.807, 2.05) is 13.0 Å². The zero-order chi connectivity index (χ0) is 17.0. The lowest BCUT2D eigenvalue weighted by atomic mass is 10.00. The molecule has 0 aromatic heterocycles. The number of nitrogens with one attached hydrogen (secondary N) is 1. The van der Waals surface area contributed by atoms with Gasteiger partial charge in [-0.2, -0.15) is 0 Å². The Kier molecular flexibility index (Phi) is 8.78. The SMILES string of the molecule is C/C=C\CC/C=C/CNC(CF)C1CCN(Cc2ccccc2)C1. The van der Waals surface area contributed by atoms with E-state index in [1.54, 1.807) is 0 Å². The van der Waals surface area contributed by atoms with E-state index in [-0.39, 0.29) is 12.7 Å². The van der Waals surface area contributed by atoms with Crippen molar-refractivity contribution in [3.05, 3.63) is 60.2 Å². The van der Waals surface area contributed by atoms with Gasteiger partial charge in [-0.25, -0.2) is 4.39 Å². The topological polar surface area (TPSA) is 15.3 Å². The number of unbranched alkanes of at least 4 members (excludes halogenated alkanes) is 1. The third-order valence-electron chi connectivity index (χ3n) is 4.69. The quantitative estimate of drug-likeness (QED) is 0.507. The fraction of sp³-hybridized carbons (Fsp3) is 0.524. The van der Waals surface area contributed by atoms with E-state index in [4.69, 9.17) is 0 Å². The van der Waals surface area contributed by atoms with Gasteiger partial charge in [0, 0.05) is 25.7 Å². The van der Waals surface area contributed by atoms with Gasteiger partial charge in [0.1, 0.15) is 6.67 Å².